The molecule has 0 saturated heterocycles. The van der Waals surface area contributed by atoms with Crippen molar-refractivity contribution in [3.05, 3.63) is 53.1 Å². The number of carbonyl (C=O) groups is 2. The number of benzene rings is 2. The van der Waals surface area contributed by atoms with E-state index in [1.54, 1.807) is 24.3 Å². The van der Waals surface area contributed by atoms with Gasteiger partial charge in [-0.1, -0.05) is 23.7 Å². The molecule has 0 unspecified atom stereocenters. The lowest BCUT2D eigenvalue weighted by Gasteiger charge is -2.18. The standard InChI is InChI=1S/C20H20ClF3N2O4/c1-3-29-16-6-4-5-7-17(16)30-12-19(28)26(2)11-18(27)25-13-8-9-15(21)14(10-13)20(22,23)24/h4-10H,3,11-12H2,1-2H3,(H,25,27). The Labute approximate surface area is 176 Å². The second kappa shape index (κ2) is 10.2. The number of nitrogens with zero attached hydrogens (tertiary/aromatic N) is 1. The van der Waals surface area contributed by atoms with Gasteiger partial charge in [0.25, 0.3) is 5.91 Å². The zero-order valence-electron chi connectivity index (χ0n) is 16.3. The summed E-state index contributed by atoms with van der Waals surface area (Å²) in [5.74, 6) is -0.303. The van der Waals surface area contributed by atoms with Crippen molar-refractivity contribution in [2.75, 3.05) is 32.1 Å². The Morgan fingerprint density at radius 2 is 1.73 bits per heavy atom. The van der Waals surface area contributed by atoms with E-state index in [9.17, 15) is 22.8 Å². The Hall–Kier alpha value is -2.94. The van der Waals surface area contributed by atoms with Crippen molar-refractivity contribution in [3.63, 3.8) is 0 Å². The minimum absolute atomic E-state index is 0.0838. The van der Waals surface area contributed by atoms with Gasteiger partial charge >= 0.3 is 6.18 Å². The van der Waals surface area contributed by atoms with Gasteiger partial charge in [0.05, 0.1) is 23.7 Å². The number of ether oxygens (including phenoxy) is 2. The summed E-state index contributed by atoms with van der Waals surface area (Å²) in [5.41, 5.74) is -1.15. The van der Waals surface area contributed by atoms with E-state index in [4.69, 9.17) is 21.1 Å². The van der Waals surface area contributed by atoms with Crippen molar-refractivity contribution in [3.8, 4) is 11.5 Å². The first kappa shape index (κ1) is 23.3. The maximum Gasteiger partial charge on any atom is 0.417 e. The molecular formula is C20H20ClF3N2O4. The van der Waals surface area contributed by atoms with Crippen LogP contribution >= 0.6 is 11.6 Å². The normalized spacial score (nSPS) is 11.0. The molecule has 1 N–H and O–H groups in total. The zero-order valence-corrected chi connectivity index (χ0v) is 17.0. The van der Waals surface area contributed by atoms with Crippen LogP contribution in [0.25, 0.3) is 0 Å². The van der Waals surface area contributed by atoms with Crippen LogP contribution in [0.3, 0.4) is 0 Å². The van der Waals surface area contributed by atoms with Crippen molar-refractivity contribution in [1.82, 2.24) is 4.90 Å². The molecule has 0 aliphatic rings. The van der Waals surface area contributed by atoms with Crippen molar-refractivity contribution < 1.29 is 32.2 Å². The summed E-state index contributed by atoms with van der Waals surface area (Å²) in [6.45, 7) is 1.52. The summed E-state index contributed by atoms with van der Waals surface area (Å²) in [4.78, 5) is 25.4. The smallest absolute Gasteiger partial charge is 0.417 e. The molecule has 2 aromatic rings. The van der Waals surface area contributed by atoms with E-state index in [0.29, 0.717) is 18.1 Å². The van der Waals surface area contributed by atoms with E-state index in [1.807, 2.05) is 6.92 Å². The lowest BCUT2D eigenvalue weighted by atomic mass is 10.2. The Bertz CT molecular complexity index is 906. The molecule has 2 rings (SSSR count). The third kappa shape index (κ3) is 6.55. The molecule has 162 valence electrons. The Balaban J connectivity index is 1.92. The molecule has 0 heterocycles. The van der Waals surface area contributed by atoms with E-state index in [2.05, 4.69) is 5.32 Å². The predicted molar refractivity (Wildman–Crippen MR) is 106 cm³/mol. The molecule has 0 saturated carbocycles. The highest BCUT2D eigenvalue weighted by Crippen LogP contribution is 2.36. The van der Waals surface area contributed by atoms with Gasteiger partial charge < -0.3 is 19.7 Å². The maximum atomic E-state index is 12.9. The van der Waals surface area contributed by atoms with Crippen LogP contribution in [-0.2, 0) is 15.8 Å². The van der Waals surface area contributed by atoms with Crippen molar-refractivity contribution >= 4 is 29.1 Å². The fourth-order valence-corrected chi connectivity index (χ4v) is 2.64. The van der Waals surface area contributed by atoms with Gasteiger partial charge in [-0.05, 0) is 37.3 Å². The van der Waals surface area contributed by atoms with Gasteiger partial charge in [0.1, 0.15) is 0 Å². The van der Waals surface area contributed by atoms with Gasteiger partial charge in [-0.15, -0.1) is 0 Å². The molecule has 30 heavy (non-hydrogen) atoms. The topological polar surface area (TPSA) is 67.9 Å². The lowest BCUT2D eigenvalue weighted by molar-refractivity contribution is -0.137. The zero-order chi connectivity index (χ0) is 22.3. The summed E-state index contributed by atoms with van der Waals surface area (Å²) < 4.78 is 49.6. The highest BCUT2D eigenvalue weighted by molar-refractivity contribution is 6.31. The SMILES string of the molecule is CCOc1ccccc1OCC(=O)N(C)CC(=O)Nc1ccc(Cl)c(C(F)(F)F)c1. The molecule has 0 fully saturated rings. The van der Waals surface area contributed by atoms with Crippen molar-refractivity contribution in [2.45, 2.75) is 13.1 Å². The molecule has 0 radical (unpaired) electrons. The number of anilines is 1. The Morgan fingerprint density at radius 1 is 1.10 bits per heavy atom. The minimum atomic E-state index is -4.65. The highest BCUT2D eigenvalue weighted by atomic mass is 35.5. The number of alkyl halides is 3. The van der Waals surface area contributed by atoms with Crippen LogP contribution < -0.4 is 14.8 Å². The first-order chi connectivity index (χ1) is 14.1. The summed E-state index contributed by atoms with van der Waals surface area (Å²) in [6, 6.07) is 9.84. The van der Waals surface area contributed by atoms with Crippen LogP contribution in [0.4, 0.5) is 18.9 Å². The highest BCUT2D eigenvalue weighted by Gasteiger charge is 2.33. The van der Waals surface area contributed by atoms with Crippen LogP contribution in [0.1, 0.15) is 12.5 Å². The number of rotatable bonds is 8. The van der Waals surface area contributed by atoms with Crippen LogP contribution in [0.15, 0.2) is 42.5 Å². The van der Waals surface area contributed by atoms with Crippen LogP contribution in [0.2, 0.25) is 5.02 Å². The molecule has 2 aromatic carbocycles. The average molecular weight is 445 g/mol. The summed E-state index contributed by atoms with van der Waals surface area (Å²) in [6.07, 6.45) is -4.65. The fraction of sp³-hybridized carbons (Fsp3) is 0.300. The molecule has 0 aromatic heterocycles. The van der Waals surface area contributed by atoms with Crippen LogP contribution in [0.5, 0.6) is 11.5 Å². The predicted octanol–water partition coefficient (Wildman–Crippen LogP) is 4.23. The van der Waals surface area contributed by atoms with E-state index >= 15 is 0 Å². The van der Waals surface area contributed by atoms with Crippen molar-refractivity contribution in [1.29, 1.82) is 0 Å². The molecule has 0 atom stereocenters. The number of likely N-dealkylation sites (N-methyl/N-ethyl adjacent to an activating group) is 1. The Morgan fingerprint density at radius 3 is 2.33 bits per heavy atom. The third-order valence-electron chi connectivity index (χ3n) is 3.86. The number of halogens is 4. The first-order valence-corrected chi connectivity index (χ1v) is 9.24. The molecule has 0 bridgehead atoms. The summed E-state index contributed by atoms with van der Waals surface area (Å²) in [7, 11) is 1.38. The number of nitrogens with one attached hydrogen (secondary N) is 1. The van der Waals surface area contributed by atoms with Gasteiger partial charge in [0, 0.05) is 12.7 Å². The lowest BCUT2D eigenvalue weighted by Crippen LogP contribution is -2.37. The minimum Gasteiger partial charge on any atom is -0.490 e. The quantitative estimate of drug-likeness (QED) is 0.661. The fourth-order valence-electron chi connectivity index (χ4n) is 2.42. The molecule has 10 heteroatoms. The number of carbonyl (C=O) groups excluding carboxylic acids is 2. The van der Waals surface area contributed by atoms with Crippen molar-refractivity contribution in [2.24, 2.45) is 0 Å². The van der Waals surface area contributed by atoms with E-state index in [-0.39, 0.29) is 18.8 Å². The average Bonchev–Trinajstić information content (AvgIpc) is 2.67. The monoisotopic (exact) mass is 444 g/mol. The molecule has 6 nitrogen and oxygen atoms in total. The third-order valence-corrected chi connectivity index (χ3v) is 4.19. The van der Waals surface area contributed by atoms with Gasteiger partial charge in [-0.3, -0.25) is 9.59 Å². The second-order valence-electron chi connectivity index (χ2n) is 6.16. The van der Waals surface area contributed by atoms with Gasteiger partial charge in [-0.2, -0.15) is 13.2 Å². The number of para-hydroxylation sites is 2. The number of amides is 2. The molecule has 0 aliphatic carbocycles. The molecular weight excluding hydrogens is 425 g/mol. The van der Waals surface area contributed by atoms with Crippen LogP contribution in [0, 0.1) is 0 Å². The maximum absolute atomic E-state index is 12.9. The summed E-state index contributed by atoms with van der Waals surface area (Å²) >= 11 is 5.55. The first-order valence-electron chi connectivity index (χ1n) is 8.87. The van der Waals surface area contributed by atoms with Gasteiger partial charge in [0.15, 0.2) is 18.1 Å². The van der Waals surface area contributed by atoms with E-state index in [1.165, 1.54) is 13.1 Å². The van der Waals surface area contributed by atoms with Gasteiger partial charge in [-0.25, -0.2) is 0 Å². The number of hydrogen-bond donors (Lipinski definition) is 1. The molecule has 0 aliphatic heterocycles. The van der Waals surface area contributed by atoms with E-state index < -0.39 is 28.6 Å². The molecule has 2 amide bonds. The summed E-state index contributed by atoms with van der Waals surface area (Å²) in [5, 5.41) is 1.84. The Kier molecular flexibility index (Phi) is 7.93. The largest absolute Gasteiger partial charge is 0.490 e. The number of hydrogen-bond acceptors (Lipinski definition) is 4. The van der Waals surface area contributed by atoms with Gasteiger partial charge in [0.2, 0.25) is 5.91 Å². The van der Waals surface area contributed by atoms with E-state index in [0.717, 1.165) is 17.0 Å². The van der Waals surface area contributed by atoms with Crippen LogP contribution in [-0.4, -0.2) is 43.5 Å². The second-order valence-corrected chi connectivity index (χ2v) is 6.57. The molecule has 0 spiro atoms.